The first-order valence-corrected chi connectivity index (χ1v) is 10.3. The van der Waals surface area contributed by atoms with Crippen LogP contribution in [-0.4, -0.2) is 30.3 Å². The Kier molecular flexibility index (Phi) is 4.84. The van der Waals surface area contributed by atoms with Gasteiger partial charge in [-0.1, -0.05) is 12.2 Å². The summed E-state index contributed by atoms with van der Waals surface area (Å²) in [4.78, 5) is 51.1. The maximum absolute atomic E-state index is 12.9. The summed E-state index contributed by atoms with van der Waals surface area (Å²) in [5.41, 5.74) is 0.980. The summed E-state index contributed by atoms with van der Waals surface area (Å²) in [6, 6.07) is 11.2. The van der Waals surface area contributed by atoms with Crippen LogP contribution in [0.2, 0.25) is 0 Å². The molecule has 8 heteroatoms. The van der Waals surface area contributed by atoms with Crippen molar-refractivity contribution in [1.82, 2.24) is 0 Å². The number of imide groups is 1. The number of carbonyl (C=O) groups is 4. The van der Waals surface area contributed by atoms with E-state index in [0.717, 1.165) is 6.42 Å². The van der Waals surface area contributed by atoms with Crippen molar-refractivity contribution in [2.45, 2.75) is 6.42 Å². The standard InChI is InChI=1S/C24H19FN2O5/c25-16-5-7-17(8-6-16)26-19(28)12-32-24(31)13-3-9-18(10-4-13)27-22(29)20-14-1-2-15(11-14)21(20)23(27)30/h1-10,14-15,20-21H,11-12H2,(H,26,28)/t14-,15-,20-,21+/m0/s1. The van der Waals surface area contributed by atoms with Gasteiger partial charge in [-0.05, 0) is 66.8 Å². The van der Waals surface area contributed by atoms with Crippen LogP contribution >= 0.6 is 0 Å². The first-order valence-electron chi connectivity index (χ1n) is 10.3. The van der Waals surface area contributed by atoms with E-state index in [1.807, 2.05) is 12.2 Å². The number of ether oxygens (including phenoxy) is 1. The van der Waals surface area contributed by atoms with E-state index >= 15 is 0 Å². The van der Waals surface area contributed by atoms with Crippen molar-refractivity contribution in [2.24, 2.45) is 23.7 Å². The second kappa shape index (κ2) is 7.71. The van der Waals surface area contributed by atoms with Crippen molar-refractivity contribution in [3.8, 4) is 0 Å². The minimum absolute atomic E-state index is 0.127. The minimum atomic E-state index is -0.719. The first-order chi connectivity index (χ1) is 15.4. The second-order valence-corrected chi connectivity index (χ2v) is 8.19. The van der Waals surface area contributed by atoms with Gasteiger partial charge < -0.3 is 10.1 Å². The zero-order valence-electron chi connectivity index (χ0n) is 16.9. The topological polar surface area (TPSA) is 92.8 Å². The van der Waals surface area contributed by atoms with E-state index in [1.165, 1.54) is 53.4 Å². The number of nitrogens with zero attached hydrogens (tertiary/aromatic N) is 1. The number of hydrogen-bond acceptors (Lipinski definition) is 5. The lowest BCUT2D eigenvalue weighted by molar-refractivity contribution is -0.123. The van der Waals surface area contributed by atoms with Crippen LogP contribution in [-0.2, 0) is 19.1 Å². The number of halogens is 1. The molecular formula is C24H19FN2O5. The molecule has 3 amide bonds. The molecular weight excluding hydrogens is 415 g/mol. The molecule has 0 radical (unpaired) electrons. The van der Waals surface area contributed by atoms with E-state index in [1.54, 1.807) is 0 Å². The highest BCUT2D eigenvalue weighted by molar-refractivity contribution is 6.22. The van der Waals surface area contributed by atoms with E-state index in [0.29, 0.717) is 11.4 Å². The van der Waals surface area contributed by atoms with Gasteiger partial charge in [0, 0.05) is 5.69 Å². The maximum atomic E-state index is 12.9. The fraction of sp³-hybridized carbons (Fsp3) is 0.250. The van der Waals surface area contributed by atoms with Gasteiger partial charge in [0.05, 0.1) is 23.1 Å². The van der Waals surface area contributed by atoms with Gasteiger partial charge in [-0.15, -0.1) is 0 Å². The Bertz CT molecular complexity index is 1110. The van der Waals surface area contributed by atoms with Crippen LogP contribution in [0, 0.1) is 29.5 Å². The summed E-state index contributed by atoms with van der Waals surface area (Å²) in [6.07, 6.45) is 4.93. The monoisotopic (exact) mass is 434 g/mol. The minimum Gasteiger partial charge on any atom is -0.452 e. The molecule has 1 heterocycles. The Labute approximate surface area is 182 Å². The number of amides is 3. The smallest absolute Gasteiger partial charge is 0.338 e. The van der Waals surface area contributed by atoms with E-state index in [4.69, 9.17) is 4.74 Å². The zero-order valence-corrected chi connectivity index (χ0v) is 16.9. The lowest BCUT2D eigenvalue weighted by Gasteiger charge is -2.17. The lowest BCUT2D eigenvalue weighted by atomic mass is 9.85. The van der Waals surface area contributed by atoms with Gasteiger partial charge in [0.25, 0.3) is 5.91 Å². The molecule has 1 aliphatic heterocycles. The third-order valence-electron chi connectivity index (χ3n) is 6.29. The predicted octanol–water partition coefficient (Wildman–Crippen LogP) is 2.93. The Morgan fingerprint density at radius 2 is 1.53 bits per heavy atom. The molecule has 2 bridgehead atoms. The molecule has 4 atom stereocenters. The number of esters is 1. The predicted molar refractivity (Wildman–Crippen MR) is 112 cm³/mol. The van der Waals surface area contributed by atoms with Gasteiger partial charge in [0.15, 0.2) is 6.61 Å². The fourth-order valence-electron chi connectivity index (χ4n) is 4.85. The number of rotatable bonds is 5. The fourth-order valence-corrected chi connectivity index (χ4v) is 4.85. The van der Waals surface area contributed by atoms with Crippen molar-refractivity contribution in [1.29, 1.82) is 0 Å². The molecule has 2 aliphatic carbocycles. The van der Waals surface area contributed by atoms with Gasteiger partial charge in [-0.2, -0.15) is 0 Å². The van der Waals surface area contributed by atoms with Crippen LogP contribution in [0.15, 0.2) is 60.7 Å². The molecule has 1 saturated carbocycles. The zero-order chi connectivity index (χ0) is 22.4. The molecule has 7 nitrogen and oxygen atoms in total. The molecule has 1 N–H and O–H groups in total. The maximum Gasteiger partial charge on any atom is 0.338 e. The Morgan fingerprint density at radius 3 is 2.12 bits per heavy atom. The van der Waals surface area contributed by atoms with Crippen molar-refractivity contribution in [3.63, 3.8) is 0 Å². The number of anilines is 2. The lowest BCUT2D eigenvalue weighted by Crippen LogP contribution is -2.32. The molecule has 0 spiro atoms. The normalized spacial score (nSPS) is 25.2. The summed E-state index contributed by atoms with van der Waals surface area (Å²) in [7, 11) is 0. The van der Waals surface area contributed by atoms with Gasteiger partial charge in [-0.25, -0.2) is 9.18 Å². The van der Waals surface area contributed by atoms with Crippen LogP contribution in [0.4, 0.5) is 15.8 Å². The van der Waals surface area contributed by atoms with Gasteiger partial charge >= 0.3 is 5.97 Å². The van der Waals surface area contributed by atoms with E-state index in [2.05, 4.69) is 5.32 Å². The van der Waals surface area contributed by atoms with Crippen molar-refractivity contribution in [3.05, 3.63) is 72.1 Å². The molecule has 32 heavy (non-hydrogen) atoms. The van der Waals surface area contributed by atoms with Crippen molar-refractivity contribution in [2.75, 3.05) is 16.8 Å². The van der Waals surface area contributed by atoms with Crippen LogP contribution in [0.25, 0.3) is 0 Å². The van der Waals surface area contributed by atoms with Gasteiger partial charge in [0.2, 0.25) is 11.8 Å². The number of fused-ring (bicyclic) bond motifs is 5. The third-order valence-corrected chi connectivity index (χ3v) is 6.29. The summed E-state index contributed by atoms with van der Waals surface area (Å²) in [5, 5.41) is 2.49. The van der Waals surface area contributed by atoms with Gasteiger partial charge in [0.1, 0.15) is 5.82 Å². The molecule has 5 rings (SSSR count). The number of allylic oxidation sites excluding steroid dienone is 2. The molecule has 0 unspecified atom stereocenters. The quantitative estimate of drug-likeness (QED) is 0.444. The Morgan fingerprint density at radius 1 is 0.938 bits per heavy atom. The molecule has 1 saturated heterocycles. The summed E-state index contributed by atoms with van der Waals surface area (Å²) < 4.78 is 17.9. The third kappa shape index (κ3) is 3.37. The number of carbonyl (C=O) groups excluding carboxylic acids is 4. The Balaban J connectivity index is 1.20. The van der Waals surface area contributed by atoms with E-state index < -0.39 is 24.3 Å². The molecule has 162 valence electrons. The number of hydrogen-bond donors (Lipinski definition) is 1. The SMILES string of the molecule is O=C(COC(=O)c1ccc(N2C(=O)[C@@H]3[C@H](C2=O)[C@H]2C=C[C@H]3C2)cc1)Nc1ccc(F)cc1. The van der Waals surface area contributed by atoms with Crippen LogP contribution < -0.4 is 10.2 Å². The number of nitrogens with one attached hydrogen (secondary N) is 1. The highest BCUT2D eigenvalue weighted by Gasteiger charge is 2.59. The molecule has 2 aromatic rings. The highest BCUT2D eigenvalue weighted by Crippen LogP contribution is 2.53. The molecule has 3 aliphatic rings. The van der Waals surface area contributed by atoms with Crippen molar-refractivity contribution >= 4 is 35.1 Å². The van der Waals surface area contributed by atoms with Crippen LogP contribution in [0.1, 0.15) is 16.8 Å². The van der Waals surface area contributed by atoms with E-state index in [-0.39, 0.29) is 41.0 Å². The summed E-state index contributed by atoms with van der Waals surface area (Å²) in [6.45, 7) is -0.514. The van der Waals surface area contributed by atoms with Crippen molar-refractivity contribution < 1.29 is 28.3 Å². The largest absolute Gasteiger partial charge is 0.452 e. The molecule has 0 aromatic heterocycles. The second-order valence-electron chi connectivity index (χ2n) is 8.19. The summed E-state index contributed by atoms with van der Waals surface area (Å²) in [5.74, 6) is -2.42. The Hall–Kier alpha value is -3.81. The molecule has 2 fully saturated rings. The molecule has 2 aromatic carbocycles. The first kappa shape index (κ1) is 20.1. The number of benzene rings is 2. The van der Waals surface area contributed by atoms with Gasteiger partial charge in [-0.3, -0.25) is 19.3 Å². The van der Waals surface area contributed by atoms with Crippen LogP contribution in [0.3, 0.4) is 0 Å². The average molecular weight is 434 g/mol. The average Bonchev–Trinajstić information content (AvgIpc) is 3.47. The van der Waals surface area contributed by atoms with Crippen LogP contribution in [0.5, 0.6) is 0 Å². The summed E-state index contributed by atoms with van der Waals surface area (Å²) >= 11 is 0. The van der Waals surface area contributed by atoms with E-state index in [9.17, 15) is 23.6 Å². The highest BCUT2D eigenvalue weighted by atomic mass is 19.1.